The number of benzene rings is 2. The number of fused-ring (bicyclic) bond motifs is 1. The zero-order valence-corrected chi connectivity index (χ0v) is 14.5. The Balaban J connectivity index is 1.67. The first-order valence-electron chi connectivity index (χ1n) is 8.25. The smallest absolute Gasteiger partial charge is 0.231 e. The summed E-state index contributed by atoms with van der Waals surface area (Å²) in [7, 11) is 1.60. The zero-order valence-electron chi connectivity index (χ0n) is 14.5. The molecule has 2 aromatic carbocycles. The standard InChI is InChI=1S/C19H23NO5/c1-13(14-6-7-16(23-9-8-21)18(10-14)22-2)20-11-15-4-3-5-17-19(15)25-12-24-17/h3-7,10,13,20-21H,8-9,11-12H2,1-2H3. The quantitative estimate of drug-likeness (QED) is 0.767. The number of aliphatic hydroxyl groups is 1. The number of rotatable bonds is 8. The Hall–Kier alpha value is -2.44. The molecule has 6 heteroatoms. The van der Waals surface area contributed by atoms with Crippen molar-refractivity contribution in [3.8, 4) is 23.0 Å². The van der Waals surface area contributed by atoms with Crippen LogP contribution in [0, 0.1) is 0 Å². The molecule has 0 saturated heterocycles. The minimum atomic E-state index is -0.0317. The van der Waals surface area contributed by atoms with E-state index >= 15 is 0 Å². The third kappa shape index (κ3) is 3.97. The van der Waals surface area contributed by atoms with E-state index < -0.39 is 0 Å². The Labute approximate surface area is 147 Å². The van der Waals surface area contributed by atoms with Crippen LogP contribution in [0.2, 0.25) is 0 Å². The summed E-state index contributed by atoms with van der Waals surface area (Å²) in [5.41, 5.74) is 2.15. The van der Waals surface area contributed by atoms with Gasteiger partial charge in [0.15, 0.2) is 23.0 Å². The van der Waals surface area contributed by atoms with Crippen molar-refractivity contribution >= 4 is 0 Å². The van der Waals surface area contributed by atoms with E-state index in [0.29, 0.717) is 18.0 Å². The van der Waals surface area contributed by atoms with Crippen LogP contribution in [0.25, 0.3) is 0 Å². The van der Waals surface area contributed by atoms with Crippen LogP contribution < -0.4 is 24.3 Å². The van der Waals surface area contributed by atoms with E-state index in [-0.39, 0.29) is 26.0 Å². The van der Waals surface area contributed by atoms with Crippen LogP contribution in [0.15, 0.2) is 36.4 Å². The molecule has 0 amide bonds. The van der Waals surface area contributed by atoms with Crippen molar-refractivity contribution in [3.63, 3.8) is 0 Å². The molecule has 1 atom stereocenters. The van der Waals surface area contributed by atoms with Gasteiger partial charge >= 0.3 is 0 Å². The second-order valence-electron chi connectivity index (χ2n) is 5.74. The number of methoxy groups -OCH3 is 1. The largest absolute Gasteiger partial charge is 0.493 e. The lowest BCUT2D eigenvalue weighted by molar-refractivity contribution is 0.173. The van der Waals surface area contributed by atoms with Gasteiger partial charge in [0, 0.05) is 18.2 Å². The molecule has 0 spiro atoms. The fraction of sp³-hybridized carbons (Fsp3) is 0.368. The van der Waals surface area contributed by atoms with Crippen molar-refractivity contribution in [2.24, 2.45) is 0 Å². The van der Waals surface area contributed by atoms with Crippen LogP contribution >= 0.6 is 0 Å². The molecule has 1 aliphatic heterocycles. The molecule has 25 heavy (non-hydrogen) atoms. The molecule has 3 rings (SSSR count). The van der Waals surface area contributed by atoms with Crippen molar-refractivity contribution in [3.05, 3.63) is 47.5 Å². The third-order valence-corrected chi connectivity index (χ3v) is 4.11. The van der Waals surface area contributed by atoms with E-state index in [1.54, 1.807) is 7.11 Å². The highest BCUT2D eigenvalue weighted by molar-refractivity contribution is 5.48. The summed E-state index contributed by atoms with van der Waals surface area (Å²) in [6, 6.07) is 11.8. The average Bonchev–Trinajstić information content (AvgIpc) is 3.13. The highest BCUT2D eigenvalue weighted by Gasteiger charge is 2.18. The number of hydrogen-bond acceptors (Lipinski definition) is 6. The molecule has 0 bridgehead atoms. The van der Waals surface area contributed by atoms with Crippen LogP contribution in [0.5, 0.6) is 23.0 Å². The van der Waals surface area contributed by atoms with Gasteiger partial charge in [-0.15, -0.1) is 0 Å². The first kappa shape index (κ1) is 17.4. The Bertz CT molecular complexity index is 719. The van der Waals surface area contributed by atoms with Crippen LogP contribution in [0.1, 0.15) is 24.1 Å². The number of nitrogens with one attached hydrogen (secondary N) is 1. The number of aliphatic hydroxyl groups excluding tert-OH is 1. The third-order valence-electron chi connectivity index (χ3n) is 4.11. The summed E-state index contributed by atoms with van der Waals surface area (Å²) in [6.45, 7) is 3.23. The molecular formula is C19H23NO5. The topological polar surface area (TPSA) is 69.2 Å². The molecule has 2 N–H and O–H groups in total. The van der Waals surface area contributed by atoms with Crippen LogP contribution in [-0.2, 0) is 6.54 Å². The van der Waals surface area contributed by atoms with E-state index in [0.717, 1.165) is 22.6 Å². The predicted molar refractivity (Wildman–Crippen MR) is 93.4 cm³/mol. The molecule has 6 nitrogen and oxygen atoms in total. The first-order valence-corrected chi connectivity index (χ1v) is 8.25. The molecule has 0 aromatic heterocycles. The normalized spacial score (nSPS) is 13.6. The van der Waals surface area contributed by atoms with Gasteiger partial charge in [0.2, 0.25) is 6.79 Å². The maximum Gasteiger partial charge on any atom is 0.231 e. The highest BCUT2D eigenvalue weighted by atomic mass is 16.7. The summed E-state index contributed by atoms with van der Waals surface area (Å²) >= 11 is 0. The van der Waals surface area contributed by atoms with Gasteiger partial charge in [-0.1, -0.05) is 18.2 Å². The maximum absolute atomic E-state index is 8.88. The molecular weight excluding hydrogens is 322 g/mol. The van der Waals surface area contributed by atoms with Crippen molar-refractivity contribution in [2.45, 2.75) is 19.5 Å². The Morgan fingerprint density at radius 1 is 1.20 bits per heavy atom. The summed E-state index contributed by atoms with van der Waals surface area (Å²) in [4.78, 5) is 0. The zero-order chi connectivity index (χ0) is 17.6. The van der Waals surface area contributed by atoms with E-state index in [4.69, 9.17) is 24.1 Å². The van der Waals surface area contributed by atoms with Gasteiger partial charge in [0.1, 0.15) is 6.61 Å². The van der Waals surface area contributed by atoms with Crippen molar-refractivity contribution in [2.75, 3.05) is 27.1 Å². The summed E-state index contributed by atoms with van der Waals surface area (Å²) in [5, 5.41) is 12.4. The van der Waals surface area contributed by atoms with Gasteiger partial charge in [-0.25, -0.2) is 0 Å². The molecule has 0 saturated carbocycles. The summed E-state index contributed by atoms with van der Waals surface area (Å²) < 4.78 is 21.8. The van der Waals surface area contributed by atoms with Crippen LogP contribution in [0.3, 0.4) is 0 Å². The van der Waals surface area contributed by atoms with Gasteiger partial charge in [0.25, 0.3) is 0 Å². The maximum atomic E-state index is 8.88. The highest BCUT2D eigenvalue weighted by Crippen LogP contribution is 2.35. The van der Waals surface area contributed by atoms with Crippen molar-refractivity contribution in [1.82, 2.24) is 5.32 Å². The minimum absolute atomic E-state index is 0.0317. The monoisotopic (exact) mass is 345 g/mol. The van der Waals surface area contributed by atoms with E-state index in [9.17, 15) is 0 Å². The molecule has 134 valence electrons. The lowest BCUT2D eigenvalue weighted by atomic mass is 10.1. The lowest BCUT2D eigenvalue weighted by Gasteiger charge is -2.17. The Kier molecular flexibility index (Phi) is 5.63. The molecule has 1 aliphatic rings. The van der Waals surface area contributed by atoms with E-state index in [1.807, 2.05) is 36.4 Å². The Morgan fingerprint density at radius 2 is 2.08 bits per heavy atom. The Morgan fingerprint density at radius 3 is 2.88 bits per heavy atom. The average molecular weight is 345 g/mol. The van der Waals surface area contributed by atoms with E-state index in [1.165, 1.54) is 0 Å². The van der Waals surface area contributed by atoms with Crippen molar-refractivity contribution < 1.29 is 24.1 Å². The van der Waals surface area contributed by atoms with Crippen molar-refractivity contribution in [1.29, 1.82) is 0 Å². The molecule has 1 unspecified atom stereocenters. The molecule has 2 aromatic rings. The van der Waals surface area contributed by atoms with Gasteiger partial charge in [-0.2, -0.15) is 0 Å². The first-order chi connectivity index (χ1) is 12.2. The van der Waals surface area contributed by atoms with Gasteiger partial charge < -0.3 is 29.4 Å². The van der Waals surface area contributed by atoms with Gasteiger partial charge in [-0.3, -0.25) is 0 Å². The van der Waals surface area contributed by atoms with Crippen LogP contribution in [-0.4, -0.2) is 32.2 Å². The number of para-hydroxylation sites is 1. The lowest BCUT2D eigenvalue weighted by Crippen LogP contribution is -2.18. The predicted octanol–water partition coefficient (Wildman–Crippen LogP) is 2.65. The number of hydrogen-bond donors (Lipinski definition) is 2. The summed E-state index contributed by atoms with van der Waals surface area (Å²) in [5.74, 6) is 2.88. The molecule has 1 heterocycles. The minimum Gasteiger partial charge on any atom is -0.493 e. The number of ether oxygens (including phenoxy) is 4. The molecule has 0 radical (unpaired) electrons. The van der Waals surface area contributed by atoms with Gasteiger partial charge in [-0.05, 0) is 30.7 Å². The second kappa shape index (κ2) is 8.09. The fourth-order valence-corrected chi connectivity index (χ4v) is 2.74. The van der Waals surface area contributed by atoms with Crippen LogP contribution in [0.4, 0.5) is 0 Å². The SMILES string of the molecule is COc1cc(C(C)NCc2cccc3c2OCO3)ccc1OCCO. The fourth-order valence-electron chi connectivity index (χ4n) is 2.74. The molecule has 0 fully saturated rings. The second-order valence-corrected chi connectivity index (χ2v) is 5.74. The van der Waals surface area contributed by atoms with E-state index in [2.05, 4.69) is 12.2 Å². The molecule has 0 aliphatic carbocycles. The van der Waals surface area contributed by atoms with Gasteiger partial charge in [0.05, 0.1) is 13.7 Å². The summed E-state index contributed by atoms with van der Waals surface area (Å²) in [6.07, 6.45) is 0.